The molecule has 0 saturated heterocycles. The Balaban J connectivity index is -0.000000152. The van der Waals surface area contributed by atoms with Gasteiger partial charge in [0.2, 0.25) is 11.7 Å². The highest BCUT2D eigenvalue weighted by Gasteiger charge is 2.44. The molecular weight excluding hydrogens is 779 g/mol. The number of ether oxygens (including phenoxy) is 1. The summed E-state index contributed by atoms with van der Waals surface area (Å²) in [7, 11) is 0. The highest BCUT2D eigenvalue weighted by molar-refractivity contribution is 6.37. The Kier molecular flexibility index (Phi) is 70.0. The van der Waals surface area contributed by atoms with Crippen molar-refractivity contribution >= 4 is 23.3 Å². The first-order valence-corrected chi connectivity index (χ1v) is 25.1. The van der Waals surface area contributed by atoms with Gasteiger partial charge in [0, 0.05) is 42.4 Å². The van der Waals surface area contributed by atoms with Crippen molar-refractivity contribution in [2.75, 3.05) is 19.8 Å². The molecule has 0 bridgehead atoms. The molecule has 1 rings (SSSR count). The summed E-state index contributed by atoms with van der Waals surface area (Å²) in [6.07, 6.45) is 11.7. The maximum absolute atomic E-state index is 13.4. The summed E-state index contributed by atoms with van der Waals surface area (Å²) in [6.45, 7) is 70.5. The third-order valence-corrected chi connectivity index (χ3v) is 8.89. The Morgan fingerprint density at radius 3 is 1.48 bits per heavy atom. The molecule has 0 saturated carbocycles. The molecule has 1 aliphatic rings. The summed E-state index contributed by atoms with van der Waals surface area (Å²) in [6, 6.07) is 0. The molecule has 63 heavy (non-hydrogen) atoms. The summed E-state index contributed by atoms with van der Waals surface area (Å²) in [5, 5.41) is 2.86. The van der Waals surface area contributed by atoms with E-state index in [-0.39, 0.29) is 30.4 Å². The molecule has 1 aliphatic carbocycles. The Morgan fingerprint density at radius 2 is 1.16 bits per heavy atom. The summed E-state index contributed by atoms with van der Waals surface area (Å²) < 4.78 is 5.66. The van der Waals surface area contributed by atoms with Crippen molar-refractivity contribution in [1.82, 2.24) is 5.32 Å². The zero-order chi connectivity index (χ0) is 52.5. The minimum absolute atomic E-state index is 0.208. The van der Waals surface area contributed by atoms with Crippen molar-refractivity contribution in [1.29, 1.82) is 0 Å². The van der Waals surface area contributed by atoms with Gasteiger partial charge in [-0.3, -0.25) is 19.2 Å². The molecule has 0 aromatic carbocycles. The van der Waals surface area contributed by atoms with Crippen LogP contribution >= 0.6 is 0 Å². The zero-order valence-electron chi connectivity index (χ0n) is 47.1. The predicted molar refractivity (Wildman–Crippen MR) is 287 cm³/mol. The molecule has 1 N–H and O–H groups in total. The summed E-state index contributed by atoms with van der Waals surface area (Å²) in [5.74, 6) is -1.83. The number of Topliss-reactive ketones (excluding diaryl/α,β-unsaturated/α-hetero) is 3. The fourth-order valence-electron chi connectivity index (χ4n) is 5.21. The van der Waals surface area contributed by atoms with Crippen LogP contribution in [0.4, 0.5) is 0 Å². The number of hydrogen-bond donors (Lipinski definition) is 1. The van der Waals surface area contributed by atoms with Crippen LogP contribution in [0, 0.1) is 35.0 Å². The molecule has 0 fully saturated rings. The maximum Gasteiger partial charge on any atom is 0.228 e. The molecule has 1 amide bonds. The van der Waals surface area contributed by atoms with Crippen LogP contribution in [-0.2, 0) is 23.9 Å². The molecule has 0 aromatic heterocycles. The van der Waals surface area contributed by atoms with Gasteiger partial charge in [0.15, 0.2) is 11.6 Å². The van der Waals surface area contributed by atoms with Gasteiger partial charge < -0.3 is 10.1 Å². The van der Waals surface area contributed by atoms with Crippen molar-refractivity contribution < 1.29 is 23.9 Å². The van der Waals surface area contributed by atoms with Crippen LogP contribution in [-0.4, -0.2) is 43.0 Å². The van der Waals surface area contributed by atoms with Gasteiger partial charge in [-0.1, -0.05) is 221 Å². The van der Waals surface area contributed by atoms with E-state index < -0.39 is 34.2 Å². The molecular formula is C57H112NO5. The Bertz CT molecular complexity index is 1200. The Morgan fingerprint density at radius 1 is 0.730 bits per heavy atom. The SMILES string of the molecule is C=CC(C)(CC(=C)C)C1=C(C(=O)C(=C)C(C(=O)NCCOCCC(=C)C(CCC)C(=O)C(C)=O)C(C)(C)C=C)[CH]1.CC.CC.CC.CC.CC.CC.CC.CCC.CCC(C)CC. The summed E-state index contributed by atoms with van der Waals surface area (Å²) in [4.78, 5) is 50.4. The number of allylic oxidation sites excluding steroid dienone is 5. The number of ketones is 3. The van der Waals surface area contributed by atoms with Gasteiger partial charge in [0.1, 0.15) is 0 Å². The average Bonchev–Trinajstić information content (AvgIpc) is 4.13. The van der Waals surface area contributed by atoms with E-state index in [1.807, 2.05) is 144 Å². The molecule has 0 spiro atoms. The molecule has 6 heteroatoms. The van der Waals surface area contributed by atoms with Crippen LogP contribution < -0.4 is 5.32 Å². The second-order valence-electron chi connectivity index (χ2n) is 14.2. The molecule has 3 unspecified atom stereocenters. The van der Waals surface area contributed by atoms with Gasteiger partial charge in [-0.05, 0) is 43.1 Å². The van der Waals surface area contributed by atoms with Crippen LogP contribution in [0.25, 0.3) is 0 Å². The van der Waals surface area contributed by atoms with Crippen LogP contribution in [0.1, 0.15) is 218 Å². The fourth-order valence-corrected chi connectivity index (χ4v) is 5.21. The molecule has 375 valence electrons. The van der Waals surface area contributed by atoms with Crippen LogP contribution in [0.15, 0.2) is 72.9 Å². The maximum atomic E-state index is 13.4. The largest absolute Gasteiger partial charge is 0.379 e. The van der Waals surface area contributed by atoms with E-state index in [1.165, 1.54) is 26.2 Å². The monoisotopic (exact) mass is 891 g/mol. The van der Waals surface area contributed by atoms with E-state index in [9.17, 15) is 19.2 Å². The van der Waals surface area contributed by atoms with E-state index >= 15 is 0 Å². The average molecular weight is 892 g/mol. The predicted octanol–water partition coefficient (Wildman–Crippen LogP) is 17.3. The molecule has 6 nitrogen and oxygen atoms in total. The standard InChI is InChI=1S/C34H48NO5.C6H14.C3H8.7C2H6/c1-12-15-26(31(38)25(8)36)23(6)16-18-40-19-17-35-32(39)29(33(9,10)13-2)24(7)30(37)27-20-28(27)34(11,14-3)21-22(4)5;1-4-6(3)5-2;1-3-2;7*1-2/h13-14,20,26,29H,2-4,6-7,12,15-19,21H2,1,5,8-11H3,(H,35,39);6H,4-5H2,1-3H3;3H2,1-2H3;7*1-2H3. The minimum atomic E-state index is -0.816. The Hall–Kier alpha value is -3.12. The third-order valence-electron chi connectivity index (χ3n) is 8.89. The zero-order valence-corrected chi connectivity index (χ0v) is 47.1. The molecule has 0 aliphatic heterocycles. The lowest BCUT2D eigenvalue weighted by Crippen LogP contribution is -2.42. The summed E-state index contributed by atoms with van der Waals surface area (Å²) in [5.41, 5.74) is 2.22. The van der Waals surface area contributed by atoms with E-state index in [4.69, 9.17) is 4.74 Å². The normalized spacial score (nSPS) is 11.9. The first-order valence-electron chi connectivity index (χ1n) is 25.1. The number of rotatable bonds is 23. The number of hydrogen-bond acceptors (Lipinski definition) is 5. The van der Waals surface area contributed by atoms with Crippen molar-refractivity contribution in [2.24, 2.45) is 28.6 Å². The second-order valence-corrected chi connectivity index (χ2v) is 14.2. The van der Waals surface area contributed by atoms with Gasteiger partial charge in [-0.25, -0.2) is 0 Å². The van der Waals surface area contributed by atoms with Crippen LogP contribution in [0.2, 0.25) is 0 Å². The van der Waals surface area contributed by atoms with Crippen LogP contribution in [0.3, 0.4) is 0 Å². The van der Waals surface area contributed by atoms with Gasteiger partial charge in [-0.2, -0.15) is 0 Å². The number of amides is 1. The minimum Gasteiger partial charge on any atom is -0.379 e. The van der Waals surface area contributed by atoms with Gasteiger partial charge in [-0.15, -0.1) is 19.7 Å². The van der Waals surface area contributed by atoms with Gasteiger partial charge >= 0.3 is 0 Å². The quantitative estimate of drug-likeness (QED) is 0.0478. The fraction of sp³-hybridized carbons (Fsp3) is 0.702. The van der Waals surface area contributed by atoms with Gasteiger partial charge in [0.05, 0.1) is 19.1 Å². The van der Waals surface area contributed by atoms with Crippen molar-refractivity contribution in [2.45, 2.75) is 218 Å². The number of carbonyl (C=O) groups is 4. The van der Waals surface area contributed by atoms with E-state index in [2.05, 4.69) is 72.8 Å². The van der Waals surface area contributed by atoms with E-state index in [1.54, 1.807) is 6.08 Å². The van der Waals surface area contributed by atoms with E-state index in [0.717, 1.165) is 23.5 Å². The molecule has 0 aromatic rings. The highest BCUT2D eigenvalue weighted by atomic mass is 16.5. The first-order chi connectivity index (χ1) is 29.8. The van der Waals surface area contributed by atoms with Crippen LogP contribution in [0.5, 0.6) is 0 Å². The first kappa shape index (κ1) is 80.2. The van der Waals surface area contributed by atoms with Crippen molar-refractivity contribution in [3.05, 3.63) is 79.3 Å². The lowest BCUT2D eigenvalue weighted by Gasteiger charge is -2.31. The smallest absolute Gasteiger partial charge is 0.228 e. The second kappa shape index (κ2) is 55.0. The van der Waals surface area contributed by atoms with Crippen molar-refractivity contribution in [3.63, 3.8) is 0 Å². The van der Waals surface area contributed by atoms with E-state index in [0.29, 0.717) is 37.0 Å². The van der Waals surface area contributed by atoms with Crippen molar-refractivity contribution in [3.8, 4) is 0 Å². The molecule has 1 radical (unpaired) electrons. The lowest BCUT2D eigenvalue weighted by molar-refractivity contribution is -0.137. The summed E-state index contributed by atoms with van der Waals surface area (Å²) >= 11 is 0. The number of nitrogens with one attached hydrogen (secondary N) is 1. The highest BCUT2D eigenvalue weighted by Crippen LogP contribution is 2.50. The molecule has 0 heterocycles. The van der Waals surface area contributed by atoms with Gasteiger partial charge in [0.25, 0.3) is 0 Å². The lowest BCUT2D eigenvalue weighted by atomic mass is 9.73. The topological polar surface area (TPSA) is 89.5 Å². The number of carbonyl (C=O) groups excluding carboxylic acids is 4. The molecule has 3 atom stereocenters. The Labute approximate surface area is 396 Å². The third kappa shape index (κ3) is 39.0.